The van der Waals surface area contributed by atoms with Crippen molar-refractivity contribution in [2.75, 3.05) is 0 Å². The molecule has 126 valence electrons. The van der Waals surface area contributed by atoms with Crippen LogP contribution in [-0.4, -0.2) is 18.3 Å². The van der Waals surface area contributed by atoms with E-state index in [9.17, 15) is 0 Å². The Kier molecular flexibility index (Phi) is 4.59. The Morgan fingerprint density at radius 3 is 2.00 bits per heavy atom. The van der Waals surface area contributed by atoms with Gasteiger partial charge in [0, 0.05) is 0 Å². The molecule has 0 aliphatic carbocycles. The molecule has 0 atom stereocenters. The molecule has 2 aromatic rings. The fourth-order valence-electron chi connectivity index (χ4n) is 3.09. The first kappa shape index (κ1) is 17.3. The van der Waals surface area contributed by atoms with E-state index in [-0.39, 0.29) is 18.3 Å². The van der Waals surface area contributed by atoms with Gasteiger partial charge in [0.2, 0.25) is 0 Å². The van der Waals surface area contributed by atoms with Crippen molar-refractivity contribution in [2.45, 2.75) is 58.7 Å². The zero-order valence-corrected chi connectivity index (χ0v) is 15.4. The summed E-state index contributed by atoms with van der Waals surface area (Å²) >= 11 is 0. The molecule has 0 amide bonds. The van der Waals surface area contributed by atoms with E-state index in [4.69, 9.17) is 9.31 Å². The Hall–Kier alpha value is -1.58. The molecule has 0 aromatic heterocycles. The van der Waals surface area contributed by atoms with Crippen LogP contribution in [0.25, 0.3) is 11.1 Å². The minimum atomic E-state index is -0.302. The van der Waals surface area contributed by atoms with E-state index in [1.165, 1.54) is 16.7 Å². The van der Waals surface area contributed by atoms with Crippen molar-refractivity contribution in [1.82, 2.24) is 0 Å². The molecule has 0 spiro atoms. The van der Waals surface area contributed by atoms with Crippen molar-refractivity contribution in [2.24, 2.45) is 0 Å². The number of hydrogen-bond donors (Lipinski definition) is 0. The van der Waals surface area contributed by atoms with Gasteiger partial charge < -0.3 is 9.31 Å². The van der Waals surface area contributed by atoms with E-state index in [1.54, 1.807) is 0 Å². The van der Waals surface area contributed by atoms with Gasteiger partial charge in [-0.05, 0) is 56.3 Å². The monoisotopic (exact) mass is 322 g/mol. The Labute approximate surface area is 146 Å². The van der Waals surface area contributed by atoms with Gasteiger partial charge >= 0.3 is 7.12 Å². The maximum absolute atomic E-state index is 6.14. The minimum absolute atomic E-state index is 0.296. The van der Waals surface area contributed by atoms with Crippen LogP contribution in [0.3, 0.4) is 0 Å². The van der Waals surface area contributed by atoms with Gasteiger partial charge in [-0.3, -0.25) is 0 Å². The SMILES string of the molecule is CCCc1ccccc1-c1ccc(B2OC(C)(C)C(C)(C)O2)cc1. The summed E-state index contributed by atoms with van der Waals surface area (Å²) in [6.45, 7) is 10.6. The fourth-order valence-corrected chi connectivity index (χ4v) is 3.09. The molecule has 0 N–H and O–H groups in total. The van der Waals surface area contributed by atoms with E-state index in [0.717, 1.165) is 18.3 Å². The van der Waals surface area contributed by atoms with Gasteiger partial charge in [0.15, 0.2) is 0 Å². The number of aryl methyl sites for hydroxylation is 1. The van der Waals surface area contributed by atoms with Crippen LogP contribution >= 0.6 is 0 Å². The van der Waals surface area contributed by atoms with Crippen LogP contribution < -0.4 is 5.46 Å². The Morgan fingerprint density at radius 1 is 0.833 bits per heavy atom. The highest BCUT2D eigenvalue weighted by molar-refractivity contribution is 6.62. The molecule has 3 heteroatoms. The van der Waals surface area contributed by atoms with E-state index < -0.39 is 0 Å². The predicted molar refractivity (Wildman–Crippen MR) is 102 cm³/mol. The molecule has 0 saturated carbocycles. The normalized spacial score (nSPS) is 18.8. The van der Waals surface area contributed by atoms with Crippen LogP contribution in [0.15, 0.2) is 48.5 Å². The van der Waals surface area contributed by atoms with Crippen molar-refractivity contribution >= 4 is 12.6 Å². The van der Waals surface area contributed by atoms with Gasteiger partial charge in [0.05, 0.1) is 11.2 Å². The van der Waals surface area contributed by atoms with E-state index in [2.05, 4.69) is 83.1 Å². The average Bonchev–Trinajstić information content (AvgIpc) is 2.77. The van der Waals surface area contributed by atoms with Crippen LogP contribution in [-0.2, 0) is 15.7 Å². The highest BCUT2D eigenvalue weighted by Crippen LogP contribution is 2.36. The molecular weight excluding hydrogens is 295 g/mol. The summed E-state index contributed by atoms with van der Waals surface area (Å²) in [5.41, 5.74) is 4.45. The van der Waals surface area contributed by atoms with Gasteiger partial charge in [-0.15, -0.1) is 0 Å². The zero-order chi connectivity index (χ0) is 17.4. The average molecular weight is 322 g/mol. The van der Waals surface area contributed by atoms with E-state index in [1.807, 2.05) is 0 Å². The first-order valence-electron chi connectivity index (χ1n) is 8.88. The predicted octanol–water partition coefficient (Wildman–Crippen LogP) is 4.61. The third-order valence-corrected chi connectivity index (χ3v) is 5.28. The molecule has 3 rings (SSSR count). The maximum atomic E-state index is 6.14. The lowest BCUT2D eigenvalue weighted by Gasteiger charge is -2.32. The fraction of sp³-hybridized carbons (Fsp3) is 0.429. The first-order chi connectivity index (χ1) is 11.3. The molecule has 24 heavy (non-hydrogen) atoms. The van der Waals surface area contributed by atoms with Gasteiger partial charge in [0.1, 0.15) is 0 Å². The summed E-state index contributed by atoms with van der Waals surface area (Å²) in [5.74, 6) is 0. The smallest absolute Gasteiger partial charge is 0.399 e. The molecular formula is C21H27BO2. The molecule has 2 aromatic carbocycles. The largest absolute Gasteiger partial charge is 0.494 e. The molecule has 0 radical (unpaired) electrons. The van der Waals surface area contributed by atoms with Crippen molar-refractivity contribution in [1.29, 1.82) is 0 Å². The van der Waals surface area contributed by atoms with Gasteiger partial charge in [-0.2, -0.15) is 0 Å². The molecule has 1 aliphatic heterocycles. The Morgan fingerprint density at radius 2 is 1.42 bits per heavy atom. The lowest BCUT2D eigenvalue weighted by molar-refractivity contribution is 0.00578. The van der Waals surface area contributed by atoms with Gasteiger partial charge in [-0.1, -0.05) is 61.9 Å². The van der Waals surface area contributed by atoms with Crippen molar-refractivity contribution < 1.29 is 9.31 Å². The first-order valence-corrected chi connectivity index (χ1v) is 8.88. The lowest BCUT2D eigenvalue weighted by Crippen LogP contribution is -2.41. The highest BCUT2D eigenvalue weighted by Gasteiger charge is 2.51. The number of rotatable bonds is 4. The van der Waals surface area contributed by atoms with Crippen LogP contribution in [0.1, 0.15) is 46.6 Å². The molecule has 0 bridgehead atoms. The van der Waals surface area contributed by atoms with E-state index in [0.29, 0.717) is 0 Å². The minimum Gasteiger partial charge on any atom is -0.399 e. The summed E-state index contributed by atoms with van der Waals surface area (Å²) in [4.78, 5) is 0. The molecule has 1 heterocycles. The zero-order valence-electron chi connectivity index (χ0n) is 15.4. The molecule has 1 saturated heterocycles. The third-order valence-electron chi connectivity index (χ3n) is 5.28. The topological polar surface area (TPSA) is 18.5 Å². The van der Waals surface area contributed by atoms with Crippen LogP contribution in [0, 0.1) is 0 Å². The van der Waals surface area contributed by atoms with Crippen molar-refractivity contribution in [3.05, 3.63) is 54.1 Å². The van der Waals surface area contributed by atoms with Crippen LogP contribution in [0.4, 0.5) is 0 Å². The second-order valence-electron chi connectivity index (χ2n) is 7.62. The molecule has 0 unspecified atom stereocenters. The van der Waals surface area contributed by atoms with Crippen molar-refractivity contribution in [3.8, 4) is 11.1 Å². The van der Waals surface area contributed by atoms with Gasteiger partial charge in [0.25, 0.3) is 0 Å². The third kappa shape index (κ3) is 3.15. The summed E-state index contributed by atoms with van der Waals surface area (Å²) in [5, 5.41) is 0. The number of benzene rings is 2. The second-order valence-corrected chi connectivity index (χ2v) is 7.62. The Balaban J connectivity index is 1.85. The second kappa shape index (κ2) is 6.38. The Bertz CT molecular complexity index is 688. The van der Waals surface area contributed by atoms with Crippen molar-refractivity contribution in [3.63, 3.8) is 0 Å². The molecule has 2 nitrogen and oxygen atoms in total. The summed E-state index contributed by atoms with van der Waals surface area (Å²) in [7, 11) is -0.296. The standard InChI is InChI=1S/C21H27BO2/c1-6-9-16-10-7-8-11-19(16)17-12-14-18(15-13-17)22-23-20(2,3)21(4,5)24-22/h7-8,10-15H,6,9H2,1-5H3. The highest BCUT2D eigenvalue weighted by atomic mass is 16.7. The van der Waals surface area contributed by atoms with Crippen LogP contribution in [0.2, 0.25) is 0 Å². The van der Waals surface area contributed by atoms with E-state index >= 15 is 0 Å². The van der Waals surface area contributed by atoms with Gasteiger partial charge in [-0.25, -0.2) is 0 Å². The molecule has 1 aliphatic rings. The summed E-state index contributed by atoms with van der Waals surface area (Å²) in [6, 6.07) is 17.3. The quantitative estimate of drug-likeness (QED) is 0.766. The number of hydrogen-bond acceptors (Lipinski definition) is 2. The molecule has 1 fully saturated rings. The van der Waals surface area contributed by atoms with Crippen LogP contribution in [0.5, 0.6) is 0 Å². The maximum Gasteiger partial charge on any atom is 0.494 e. The summed E-state index contributed by atoms with van der Waals surface area (Å²) < 4.78 is 12.3. The lowest BCUT2D eigenvalue weighted by atomic mass is 9.78. The summed E-state index contributed by atoms with van der Waals surface area (Å²) in [6.07, 6.45) is 2.26.